The molecule has 0 spiro atoms. The number of ether oxygens (including phenoxy) is 2. The summed E-state index contributed by atoms with van der Waals surface area (Å²) in [5.74, 6) is 1.49. The molecule has 0 fully saturated rings. The normalized spacial score (nSPS) is 12.9. The number of nitrogen functional groups attached to an aromatic ring is 1. The number of methoxy groups -OCH3 is 1. The molecule has 4 nitrogen and oxygen atoms in total. The first-order valence-electron chi connectivity index (χ1n) is 5.84. The quantitative estimate of drug-likeness (QED) is 0.821. The largest absolute Gasteiger partial charge is 0.493 e. The van der Waals surface area contributed by atoms with Gasteiger partial charge in [0, 0.05) is 35.5 Å². The molecule has 0 saturated carbocycles. The number of rotatable bonds is 2. The fourth-order valence-corrected chi connectivity index (χ4v) is 2.24. The van der Waals surface area contributed by atoms with Gasteiger partial charge in [-0.05, 0) is 23.8 Å². The van der Waals surface area contributed by atoms with E-state index in [0.717, 1.165) is 34.5 Å². The Morgan fingerprint density at radius 3 is 3.06 bits per heavy atom. The number of hydrogen-bond donors (Lipinski definition) is 1. The van der Waals surface area contributed by atoms with Crippen molar-refractivity contribution in [2.75, 3.05) is 19.5 Å². The minimum Gasteiger partial charge on any atom is -0.493 e. The van der Waals surface area contributed by atoms with E-state index in [1.54, 1.807) is 13.3 Å². The molecular weight excluding hydrogens is 228 g/mol. The summed E-state index contributed by atoms with van der Waals surface area (Å²) in [5, 5.41) is 0. The van der Waals surface area contributed by atoms with Gasteiger partial charge in [-0.1, -0.05) is 0 Å². The summed E-state index contributed by atoms with van der Waals surface area (Å²) in [6, 6.07) is 7.76. The maximum Gasteiger partial charge on any atom is 0.213 e. The minimum atomic E-state index is 0.587. The molecule has 0 amide bonds. The molecule has 2 heterocycles. The lowest BCUT2D eigenvalue weighted by molar-refractivity contribution is 0.357. The van der Waals surface area contributed by atoms with Crippen molar-refractivity contribution < 1.29 is 9.47 Å². The lowest BCUT2D eigenvalue weighted by Gasteiger charge is -2.10. The Morgan fingerprint density at radius 2 is 2.22 bits per heavy atom. The molecule has 0 radical (unpaired) electrons. The highest BCUT2D eigenvalue weighted by molar-refractivity contribution is 5.81. The van der Waals surface area contributed by atoms with Crippen molar-refractivity contribution in [3.05, 3.63) is 36.0 Å². The van der Waals surface area contributed by atoms with E-state index in [1.165, 1.54) is 0 Å². The number of nitrogens with zero attached hydrogens (tertiary/aromatic N) is 1. The van der Waals surface area contributed by atoms with Gasteiger partial charge >= 0.3 is 0 Å². The monoisotopic (exact) mass is 242 g/mol. The van der Waals surface area contributed by atoms with Crippen molar-refractivity contribution in [3.63, 3.8) is 0 Å². The van der Waals surface area contributed by atoms with Crippen molar-refractivity contribution in [3.8, 4) is 22.8 Å². The first-order valence-corrected chi connectivity index (χ1v) is 5.84. The molecule has 4 heteroatoms. The number of anilines is 1. The Labute approximate surface area is 105 Å². The lowest BCUT2D eigenvalue weighted by Crippen LogP contribution is -1.96. The second-order valence-electron chi connectivity index (χ2n) is 4.19. The van der Waals surface area contributed by atoms with E-state index in [9.17, 15) is 0 Å². The zero-order chi connectivity index (χ0) is 12.5. The van der Waals surface area contributed by atoms with Crippen LogP contribution in [-0.2, 0) is 6.42 Å². The van der Waals surface area contributed by atoms with Crippen LogP contribution in [0.2, 0.25) is 0 Å². The molecule has 0 unspecified atom stereocenters. The third-order valence-corrected chi connectivity index (χ3v) is 3.18. The Kier molecular flexibility index (Phi) is 2.55. The van der Waals surface area contributed by atoms with Gasteiger partial charge in [-0.3, -0.25) is 0 Å². The van der Waals surface area contributed by atoms with Crippen LogP contribution < -0.4 is 15.2 Å². The second-order valence-corrected chi connectivity index (χ2v) is 4.19. The summed E-state index contributed by atoms with van der Waals surface area (Å²) in [5.41, 5.74) is 10.1. The van der Waals surface area contributed by atoms with Gasteiger partial charge < -0.3 is 15.2 Å². The molecule has 1 aliphatic heterocycles. The molecule has 0 atom stereocenters. The summed E-state index contributed by atoms with van der Waals surface area (Å²) in [6.07, 6.45) is 2.59. The van der Waals surface area contributed by atoms with Gasteiger partial charge in [-0.15, -0.1) is 0 Å². The third-order valence-electron chi connectivity index (χ3n) is 3.18. The van der Waals surface area contributed by atoms with Crippen LogP contribution in [-0.4, -0.2) is 18.7 Å². The summed E-state index contributed by atoms with van der Waals surface area (Å²) in [7, 11) is 1.60. The molecule has 2 N–H and O–H groups in total. The molecule has 18 heavy (non-hydrogen) atoms. The number of fused-ring (bicyclic) bond motifs is 1. The van der Waals surface area contributed by atoms with Crippen LogP contribution in [0.4, 0.5) is 5.69 Å². The molecule has 1 aromatic heterocycles. The van der Waals surface area contributed by atoms with Crippen molar-refractivity contribution >= 4 is 5.69 Å². The Balaban J connectivity index is 2.11. The van der Waals surface area contributed by atoms with Gasteiger partial charge in [0.2, 0.25) is 5.88 Å². The molecule has 0 aliphatic carbocycles. The molecule has 2 aromatic rings. The lowest BCUT2D eigenvalue weighted by atomic mass is 10.00. The standard InChI is InChI=1S/C14H14N2O2/c1-17-13-8-9(4-6-16-13)10-2-3-12-11(14(10)15)5-7-18-12/h2-4,6,8H,5,7,15H2,1H3. The van der Waals surface area contributed by atoms with Crippen LogP contribution in [0.1, 0.15) is 5.56 Å². The Bertz CT molecular complexity index is 596. The molecule has 92 valence electrons. The average Bonchev–Trinajstić information content (AvgIpc) is 2.88. The molecule has 1 aliphatic rings. The smallest absolute Gasteiger partial charge is 0.213 e. The first kappa shape index (κ1) is 10.9. The van der Waals surface area contributed by atoms with Crippen LogP contribution in [0.3, 0.4) is 0 Å². The summed E-state index contributed by atoms with van der Waals surface area (Å²) in [6.45, 7) is 0.711. The number of benzene rings is 1. The van der Waals surface area contributed by atoms with E-state index < -0.39 is 0 Å². The molecule has 1 aromatic carbocycles. The molecule has 0 bridgehead atoms. The van der Waals surface area contributed by atoms with Crippen molar-refractivity contribution in [2.45, 2.75) is 6.42 Å². The van der Waals surface area contributed by atoms with Crippen molar-refractivity contribution in [2.24, 2.45) is 0 Å². The minimum absolute atomic E-state index is 0.587. The number of hydrogen-bond acceptors (Lipinski definition) is 4. The highest BCUT2D eigenvalue weighted by Crippen LogP contribution is 2.37. The van der Waals surface area contributed by atoms with E-state index >= 15 is 0 Å². The zero-order valence-corrected chi connectivity index (χ0v) is 10.1. The maximum atomic E-state index is 6.22. The maximum absolute atomic E-state index is 6.22. The highest BCUT2D eigenvalue weighted by atomic mass is 16.5. The summed E-state index contributed by atoms with van der Waals surface area (Å²) in [4.78, 5) is 4.10. The van der Waals surface area contributed by atoms with Crippen LogP contribution in [0.25, 0.3) is 11.1 Å². The molecule has 0 saturated heterocycles. The SMILES string of the molecule is COc1cc(-c2ccc3c(c2N)CCO3)ccn1. The zero-order valence-electron chi connectivity index (χ0n) is 10.1. The fraction of sp³-hybridized carbons (Fsp3) is 0.214. The van der Waals surface area contributed by atoms with E-state index in [-0.39, 0.29) is 0 Å². The predicted molar refractivity (Wildman–Crippen MR) is 69.8 cm³/mol. The number of aromatic nitrogens is 1. The summed E-state index contributed by atoms with van der Waals surface area (Å²) >= 11 is 0. The van der Waals surface area contributed by atoms with E-state index in [0.29, 0.717) is 12.5 Å². The van der Waals surface area contributed by atoms with Crippen molar-refractivity contribution in [1.29, 1.82) is 0 Å². The van der Waals surface area contributed by atoms with Crippen molar-refractivity contribution in [1.82, 2.24) is 4.98 Å². The Hall–Kier alpha value is -2.23. The van der Waals surface area contributed by atoms with Gasteiger partial charge in [-0.25, -0.2) is 4.98 Å². The van der Waals surface area contributed by atoms with E-state index in [2.05, 4.69) is 4.98 Å². The molecule has 3 rings (SSSR count). The summed E-state index contributed by atoms with van der Waals surface area (Å²) < 4.78 is 10.6. The first-order chi connectivity index (χ1) is 8.79. The number of nitrogens with two attached hydrogens (primary N) is 1. The van der Waals surface area contributed by atoms with Crippen LogP contribution in [0, 0.1) is 0 Å². The fourth-order valence-electron chi connectivity index (χ4n) is 2.24. The average molecular weight is 242 g/mol. The van der Waals surface area contributed by atoms with E-state index in [1.807, 2.05) is 24.3 Å². The van der Waals surface area contributed by atoms with Gasteiger partial charge in [0.25, 0.3) is 0 Å². The van der Waals surface area contributed by atoms with E-state index in [4.69, 9.17) is 15.2 Å². The third kappa shape index (κ3) is 1.66. The van der Waals surface area contributed by atoms with Gasteiger partial charge in [-0.2, -0.15) is 0 Å². The van der Waals surface area contributed by atoms with Crippen LogP contribution in [0.15, 0.2) is 30.5 Å². The molecular formula is C14H14N2O2. The topological polar surface area (TPSA) is 57.4 Å². The Morgan fingerprint density at radius 1 is 1.33 bits per heavy atom. The predicted octanol–water partition coefficient (Wildman–Crippen LogP) is 2.27. The van der Waals surface area contributed by atoms with Crippen LogP contribution >= 0.6 is 0 Å². The van der Waals surface area contributed by atoms with Crippen LogP contribution in [0.5, 0.6) is 11.6 Å². The second kappa shape index (κ2) is 4.22. The highest BCUT2D eigenvalue weighted by Gasteiger charge is 2.18. The van der Waals surface area contributed by atoms with Gasteiger partial charge in [0.1, 0.15) is 5.75 Å². The number of pyridine rings is 1. The van der Waals surface area contributed by atoms with Gasteiger partial charge in [0.15, 0.2) is 0 Å². The van der Waals surface area contributed by atoms with Gasteiger partial charge in [0.05, 0.1) is 13.7 Å².